The summed E-state index contributed by atoms with van der Waals surface area (Å²) in [5.74, 6) is 0. The molecule has 0 unspecified atom stereocenters. The molecule has 6 heteroatoms. The second kappa shape index (κ2) is 8.23. The number of para-hydroxylation sites is 1. The molecule has 1 fully saturated rings. The van der Waals surface area contributed by atoms with E-state index in [1.165, 1.54) is 0 Å². The highest BCUT2D eigenvalue weighted by molar-refractivity contribution is 6.30. The van der Waals surface area contributed by atoms with E-state index >= 15 is 0 Å². The Balaban J connectivity index is 1.59. The molecule has 2 amide bonds. The predicted molar refractivity (Wildman–Crippen MR) is 101 cm³/mol. The molecule has 0 bridgehead atoms. The van der Waals surface area contributed by atoms with Gasteiger partial charge in [0.15, 0.2) is 0 Å². The van der Waals surface area contributed by atoms with Crippen molar-refractivity contribution >= 4 is 29.0 Å². The van der Waals surface area contributed by atoms with E-state index in [4.69, 9.17) is 16.3 Å². The molecule has 0 aromatic heterocycles. The molecule has 1 aliphatic rings. The van der Waals surface area contributed by atoms with Crippen molar-refractivity contribution in [1.29, 1.82) is 0 Å². The topological polar surface area (TPSA) is 44.8 Å². The number of piperazine rings is 1. The van der Waals surface area contributed by atoms with Gasteiger partial charge in [-0.05, 0) is 24.3 Å². The number of methoxy groups -OCH3 is 1. The minimum atomic E-state index is -0.0747. The fraction of sp³-hybridized carbons (Fsp3) is 0.316. The highest BCUT2D eigenvalue weighted by Crippen LogP contribution is 2.21. The zero-order chi connectivity index (χ0) is 17.6. The molecule has 2 aromatic rings. The zero-order valence-electron chi connectivity index (χ0n) is 14.2. The van der Waals surface area contributed by atoms with Gasteiger partial charge in [0.25, 0.3) is 0 Å². The minimum absolute atomic E-state index is 0.0747. The van der Waals surface area contributed by atoms with Crippen molar-refractivity contribution in [3.8, 4) is 0 Å². The number of amides is 2. The van der Waals surface area contributed by atoms with Crippen molar-refractivity contribution in [2.45, 2.75) is 6.61 Å². The van der Waals surface area contributed by atoms with E-state index in [2.05, 4.69) is 10.2 Å². The number of carbonyl (C=O) groups excluding carboxylic acids is 1. The smallest absolute Gasteiger partial charge is 0.321 e. The molecule has 0 aliphatic carbocycles. The highest BCUT2D eigenvalue weighted by atomic mass is 35.5. The van der Waals surface area contributed by atoms with Crippen LogP contribution in [0, 0.1) is 0 Å². The Hall–Kier alpha value is -2.24. The number of rotatable bonds is 4. The zero-order valence-corrected chi connectivity index (χ0v) is 15.0. The van der Waals surface area contributed by atoms with Crippen LogP contribution in [0.15, 0.2) is 48.5 Å². The first-order valence-corrected chi connectivity index (χ1v) is 8.68. The number of ether oxygens (including phenoxy) is 1. The molecule has 0 saturated carbocycles. The number of nitrogens with zero attached hydrogens (tertiary/aromatic N) is 2. The number of benzene rings is 2. The van der Waals surface area contributed by atoms with Crippen LogP contribution in [0.25, 0.3) is 0 Å². The lowest BCUT2D eigenvalue weighted by atomic mass is 10.2. The Kier molecular flexibility index (Phi) is 5.79. The van der Waals surface area contributed by atoms with Crippen molar-refractivity contribution in [3.05, 3.63) is 59.1 Å². The number of halogens is 1. The number of urea groups is 1. The SMILES string of the molecule is COCc1ccccc1NC(=O)N1CCN(c2cccc(Cl)c2)CC1. The van der Waals surface area contributed by atoms with E-state index in [0.29, 0.717) is 19.7 Å². The van der Waals surface area contributed by atoms with Crippen molar-refractivity contribution in [3.63, 3.8) is 0 Å². The first kappa shape index (κ1) is 17.6. The van der Waals surface area contributed by atoms with Gasteiger partial charge in [0, 0.05) is 55.2 Å². The maximum atomic E-state index is 12.6. The van der Waals surface area contributed by atoms with Crippen LogP contribution in [0.1, 0.15) is 5.56 Å². The quantitative estimate of drug-likeness (QED) is 0.902. The van der Waals surface area contributed by atoms with Crippen LogP contribution in [0.2, 0.25) is 5.02 Å². The molecule has 1 N–H and O–H groups in total. The lowest BCUT2D eigenvalue weighted by Crippen LogP contribution is -2.50. The second-order valence-electron chi connectivity index (χ2n) is 5.97. The van der Waals surface area contributed by atoms with Gasteiger partial charge in [-0.2, -0.15) is 0 Å². The van der Waals surface area contributed by atoms with E-state index in [-0.39, 0.29) is 6.03 Å². The third kappa shape index (κ3) is 4.44. The molecule has 2 aromatic carbocycles. The van der Waals surface area contributed by atoms with Crippen molar-refractivity contribution < 1.29 is 9.53 Å². The summed E-state index contributed by atoms with van der Waals surface area (Å²) < 4.78 is 5.19. The van der Waals surface area contributed by atoms with Crippen molar-refractivity contribution in [1.82, 2.24) is 4.90 Å². The lowest BCUT2D eigenvalue weighted by molar-refractivity contribution is 0.185. The van der Waals surface area contributed by atoms with E-state index in [1.54, 1.807) is 7.11 Å². The van der Waals surface area contributed by atoms with E-state index in [9.17, 15) is 4.79 Å². The van der Waals surface area contributed by atoms with Gasteiger partial charge in [0.2, 0.25) is 0 Å². The summed E-state index contributed by atoms with van der Waals surface area (Å²) >= 11 is 6.06. The second-order valence-corrected chi connectivity index (χ2v) is 6.41. The number of carbonyl (C=O) groups is 1. The standard InChI is InChI=1S/C19H22ClN3O2/c1-25-14-15-5-2-3-8-18(15)21-19(24)23-11-9-22(10-12-23)17-7-4-6-16(20)13-17/h2-8,13H,9-12,14H2,1H3,(H,21,24). The molecule has 0 spiro atoms. The third-order valence-corrected chi connectivity index (χ3v) is 4.53. The number of hydrogen-bond acceptors (Lipinski definition) is 3. The predicted octanol–water partition coefficient (Wildman–Crippen LogP) is 3.84. The fourth-order valence-corrected chi connectivity index (χ4v) is 3.14. The fourth-order valence-electron chi connectivity index (χ4n) is 2.96. The van der Waals surface area contributed by atoms with Crippen LogP contribution < -0.4 is 10.2 Å². The third-order valence-electron chi connectivity index (χ3n) is 4.30. The van der Waals surface area contributed by atoms with Crippen LogP contribution in [-0.4, -0.2) is 44.2 Å². The monoisotopic (exact) mass is 359 g/mol. The molecule has 1 aliphatic heterocycles. The Morgan fingerprint density at radius 3 is 2.60 bits per heavy atom. The molecule has 3 rings (SSSR count). The van der Waals surface area contributed by atoms with Crippen LogP contribution >= 0.6 is 11.6 Å². The summed E-state index contributed by atoms with van der Waals surface area (Å²) in [4.78, 5) is 16.6. The van der Waals surface area contributed by atoms with E-state index in [0.717, 1.165) is 35.1 Å². The molecule has 1 saturated heterocycles. The lowest BCUT2D eigenvalue weighted by Gasteiger charge is -2.36. The summed E-state index contributed by atoms with van der Waals surface area (Å²) in [6.07, 6.45) is 0. The molecule has 1 heterocycles. The van der Waals surface area contributed by atoms with Gasteiger partial charge in [0.05, 0.1) is 6.61 Å². The molecule has 0 atom stereocenters. The minimum Gasteiger partial charge on any atom is -0.380 e. The van der Waals surface area contributed by atoms with Crippen LogP contribution in [-0.2, 0) is 11.3 Å². The van der Waals surface area contributed by atoms with Gasteiger partial charge >= 0.3 is 6.03 Å². The number of nitrogens with one attached hydrogen (secondary N) is 1. The van der Waals surface area contributed by atoms with Gasteiger partial charge in [-0.25, -0.2) is 4.79 Å². The number of anilines is 2. The first-order valence-electron chi connectivity index (χ1n) is 8.30. The largest absolute Gasteiger partial charge is 0.380 e. The molecule has 5 nitrogen and oxygen atoms in total. The van der Waals surface area contributed by atoms with Gasteiger partial charge in [-0.1, -0.05) is 35.9 Å². The Bertz CT molecular complexity index is 730. The summed E-state index contributed by atoms with van der Waals surface area (Å²) in [5.41, 5.74) is 2.86. The maximum absolute atomic E-state index is 12.6. The van der Waals surface area contributed by atoms with Crippen LogP contribution in [0.5, 0.6) is 0 Å². The molecule has 132 valence electrons. The van der Waals surface area contributed by atoms with E-state index < -0.39 is 0 Å². The van der Waals surface area contributed by atoms with Gasteiger partial charge in [-0.15, -0.1) is 0 Å². The molecular formula is C19H22ClN3O2. The summed E-state index contributed by atoms with van der Waals surface area (Å²) in [5, 5.41) is 3.73. The average Bonchev–Trinajstić information content (AvgIpc) is 2.64. The van der Waals surface area contributed by atoms with Crippen molar-refractivity contribution in [2.24, 2.45) is 0 Å². The first-order chi connectivity index (χ1) is 12.2. The average molecular weight is 360 g/mol. The van der Waals surface area contributed by atoms with Crippen LogP contribution in [0.4, 0.5) is 16.2 Å². The normalized spacial score (nSPS) is 14.5. The molecular weight excluding hydrogens is 338 g/mol. The Labute approximate surface area is 153 Å². The number of hydrogen-bond donors (Lipinski definition) is 1. The van der Waals surface area contributed by atoms with Crippen LogP contribution in [0.3, 0.4) is 0 Å². The van der Waals surface area contributed by atoms with Gasteiger partial charge in [-0.3, -0.25) is 0 Å². The Morgan fingerprint density at radius 2 is 1.88 bits per heavy atom. The maximum Gasteiger partial charge on any atom is 0.321 e. The summed E-state index contributed by atoms with van der Waals surface area (Å²) in [6, 6.07) is 15.4. The Morgan fingerprint density at radius 1 is 1.12 bits per heavy atom. The highest BCUT2D eigenvalue weighted by Gasteiger charge is 2.22. The van der Waals surface area contributed by atoms with Gasteiger partial charge < -0.3 is 19.9 Å². The van der Waals surface area contributed by atoms with Gasteiger partial charge in [0.1, 0.15) is 0 Å². The summed E-state index contributed by atoms with van der Waals surface area (Å²) in [7, 11) is 1.65. The molecule has 0 radical (unpaired) electrons. The van der Waals surface area contributed by atoms with E-state index in [1.807, 2.05) is 53.4 Å². The molecule has 25 heavy (non-hydrogen) atoms. The van der Waals surface area contributed by atoms with Crippen molar-refractivity contribution in [2.75, 3.05) is 43.5 Å². The summed E-state index contributed by atoms with van der Waals surface area (Å²) in [6.45, 7) is 3.38.